The van der Waals surface area contributed by atoms with Crippen LogP contribution in [0.2, 0.25) is 0 Å². The van der Waals surface area contributed by atoms with Crippen LogP contribution in [0.25, 0.3) is 0 Å². The molecule has 0 amide bonds. The number of methoxy groups -OCH3 is 1. The maximum Gasteiger partial charge on any atom is 0.252 e. The van der Waals surface area contributed by atoms with Crippen molar-refractivity contribution in [1.82, 2.24) is 20.2 Å². The van der Waals surface area contributed by atoms with Gasteiger partial charge in [-0.05, 0) is 38.7 Å². The number of benzene rings is 1. The molecule has 1 saturated heterocycles. The number of H-pyrrole nitrogens is 1. The van der Waals surface area contributed by atoms with Crippen molar-refractivity contribution in [2.45, 2.75) is 24.8 Å². The fraction of sp³-hybridized carbons (Fsp3) is 0.500. The first kappa shape index (κ1) is 19.4. The van der Waals surface area contributed by atoms with Gasteiger partial charge < -0.3 is 20.3 Å². The van der Waals surface area contributed by atoms with Crippen LogP contribution in [0.3, 0.4) is 0 Å². The number of rotatable bonds is 7. The van der Waals surface area contributed by atoms with Gasteiger partial charge in [-0.3, -0.25) is 9.78 Å². The number of aromatic amines is 1. The molecule has 27 heavy (non-hydrogen) atoms. The molecule has 1 fully saturated rings. The van der Waals surface area contributed by atoms with E-state index in [0.717, 1.165) is 31.1 Å². The minimum atomic E-state index is -0.129. The van der Waals surface area contributed by atoms with Crippen molar-refractivity contribution in [1.29, 1.82) is 0 Å². The molecule has 0 radical (unpaired) electrons. The predicted octanol–water partition coefficient (Wildman–Crippen LogP) is 1.61. The van der Waals surface area contributed by atoms with E-state index in [4.69, 9.17) is 9.72 Å². The molecule has 146 valence electrons. The largest absolute Gasteiger partial charge is 0.497 e. The van der Waals surface area contributed by atoms with Gasteiger partial charge in [-0.25, -0.2) is 4.98 Å². The molecule has 1 unspecified atom stereocenters. The quantitative estimate of drug-likeness (QED) is 0.686. The highest BCUT2D eigenvalue weighted by Gasteiger charge is 2.31. The Bertz CT molecular complexity index is 820. The molecule has 2 aromatic rings. The number of hydrogen-bond acceptors (Lipinski definition) is 6. The van der Waals surface area contributed by atoms with Gasteiger partial charge in [0, 0.05) is 43.6 Å². The molecule has 2 heterocycles. The maximum absolute atomic E-state index is 12.2. The van der Waals surface area contributed by atoms with Crippen LogP contribution in [-0.2, 0) is 0 Å². The van der Waals surface area contributed by atoms with Gasteiger partial charge in [0.1, 0.15) is 5.75 Å². The number of hydrogen-bond donors (Lipinski definition) is 3. The Balaban J connectivity index is 1.85. The number of ether oxygens (including phenoxy) is 1. The van der Waals surface area contributed by atoms with Crippen LogP contribution >= 0.6 is 0 Å². The molecule has 3 N–H and O–H groups in total. The van der Waals surface area contributed by atoms with Gasteiger partial charge in [-0.1, -0.05) is 12.1 Å². The molecule has 7 nitrogen and oxygen atoms in total. The summed E-state index contributed by atoms with van der Waals surface area (Å²) in [5.74, 6) is 1.77. The SMILES string of the molecule is COc1cccc([C@@H]2CNC[C@H]2c2cc(=O)[nH]c(NC(C)CN(C)C)n2)c1. The summed E-state index contributed by atoms with van der Waals surface area (Å²) in [5.41, 5.74) is 1.88. The van der Waals surface area contributed by atoms with Crippen LogP contribution in [0.1, 0.15) is 30.0 Å². The summed E-state index contributed by atoms with van der Waals surface area (Å²) in [6.07, 6.45) is 0. The minimum Gasteiger partial charge on any atom is -0.497 e. The molecule has 3 atom stereocenters. The lowest BCUT2D eigenvalue weighted by atomic mass is 9.86. The average Bonchev–Trinajstić information content (AvgIpc) is 3.10. The standard InChI is InChI=1S/C20H29N5O2/c1-13(12-25(2)3)22-20-23-18(9-19(26)24-20)17-11-21-10-16(17)14-6-5-7-15(8-14)27-4/h5-9,13,16-17,21H,10-12H2,1-4H3,(H2,22,23,24,26)/t13?,16-,17+/m0/s1. The maximum atomic E-state index is 12.2. The molecule has 0 aliphatic carbocycles. The Morgan fingerprint density at radius 1 is 1.30 bits per heavy atom. The van der Waals surface area contributed by atoms with E-state index < -0.39 is 0 Å². The number of nitrogens with one attached hydrogen (secondary N) is 3. The van der Waals surface area contributed by atoms with Crippen LogP contribution in [0.4, 0.5) is 5.95 Å². The third-order valence-electron chi connectivity index (χ3n) is 4.90. The fourth-order valence-electron chi connectivity index (χ4n) is 3.77. The first-order chi connectivity index (χ1) is 13.0. The summed E-state index contributed by atoms with van der Waals surface area (Å²) in [5, 5.41) is 6.74. The predicted molar refractivity (Wildman–Crippen MR) is 108 cm³/mol. The molecule has 0 spiro atoms. The molecule has 1 aliphatic rings. The smallest absolute Gasteiger partial charge is 0.252 e. The van der Waals surface area contributed by atoms with Crippen LogP contribution in [-0.4, -0.2) is 61.7 Å². The second-order valence-corrected chi connectivity index (χ2v) is 7.47. The van der Waals surface area contributed by atoms with E-state index >= 15 is 0 Å². The molecule has 1 aromatic carbocycles. The Labute approximate surface area is 160 Å². The van der Waals surface area contributed by atoms with Crippen molar-refractivity contribution in [2.24, 2.45) is 0 Å². The van der Waals surface area contributed by atoms with Gasteiger partial charge in [-0.15, -0.1) is 0 Å². The van der Waals surface area contributed by atoms with Gasteiger partial charge in [-0.2, -0.15) is 0 Å². The molecule has 0 bridgehead atoms. The molecule has 7 heteroatoms. The molecule has 3 rings (SSSR count). The third kappa shape index (κ3) is 4.87. The van der Waals surface area contributed by atoms with Gasteiger partial charge in [0.15, 0.2) is 0 Å². The van der Waals surface area contributed by atoms with E-state index in [9.17, 15) is 4.79 Å². The van der Waals surface area contributed by atoms with Crippen LogP contribution in [0, 0.1) is 0 Å². The number of likely N-dealkylation sites (N-methyl/N-ethyl adjacent to an activating group) is 1. The van der Waals surface area contributed by atoms with E-state index in [1.807, 2.05) is 26.2 Å². The van der Waals surface area contributed by atoms with Crippen molar-refractivity contribution in [3.8, 4) is 5.75 Å². The van der Waals surface area contributed by atoms with Crippen molar-refractivity contribution >= 4 is 5.95 Å². The summed E-state index contributed by atoms with van der Waals surface area (Å²) in [7, 11) is 5.72. The second kappa shape index (κ2) is 8.54. The molecule has 1 aromatic heterocycles. The Hall–Kier alpha value is -2.38. The third-order valence-corrected chi connectivity index (χ3v) is 4.90. The van der Waals surface area contributed by atoms with E-state index in [1.54, 1.807) is 13.2 Å². The summed E-state index contributed by atoms with van der Waals surface area (Å²) in [4.78, 5) is 21.9. The van der Waals surface area contributed by atoms with Crippen LogP contribution < -0.4 is 20.9 Å². The summed E-state index contributed by atoms with van der Waals surface area (Å²) < 4.78 is 5.36. The normalized spacial score (nSPS) is 20.6. The zero-order chi connectivity index (χ0) is 19.4. The number of anilines is 1. The van der Waals surface area contributed by atoms with Gasteiger partial charge in [0.25, 0.3) is 5.56 Å². The highest BCUT2D eigenvalue weighted by Crippen LogP contribution is 2.36. The summed E-state index contributed by atoms with van der Waals surface area (Å²) >= 11 is 0. The zero-order valence-corrected chi connectivity index (χ0v) is 16.5. The molecular formula is C20H29N5O2. The molecular weight excluding hydrogens is 342 g/mol. The fourth-order valence-corrected chi connectivity index (χ4v) is 3.77. The topological polar surface area (TPSA) is 82.3 Å². The second-order valence-electron chi connectivity index (χ2n) is 7.47. The minimum absolute atomic E-state index is 0.129. The van der Waals surface area contributed by atoms with E-state index in [2.05, 4.69) is 39.6 Å². The van der Waals surface area contributed by atoms with Crippen molar-refractivity contribution in [3.05, 3.63) is 51.9 Å². The van der Waals surface area contributed by atoms with Crippen molar-refractivity contribution in [3.63, 3.8) is 0 Å². The Morgan fingerprint density at radius 2 is 2.07 bits per heavy atom. The lowest BCUT2D eigenvalue weighted by Crippen LogP contribution is -2.31. The number of aromatic nitrogens is 2. The van der Waals surface area contributed by atoms with Gasteiger partial charge >= 0.3 is 0 Å². The van der Waals surface area contributed by atoms with Gasteiger partial charge in [0.2, 0.25) is 5.95 Å². The highest BCUT2D eigenvalue weighted by atomic mass is 16.5. The lowest BCUT2D eigenvalue weighted by molar-refractivity contribution is 0.391. The Kier molecular flexibility index (Phi) is 6.13. The van der Waals surface area contributed by atoms with Gasteiger partial charge in [0.05, 0.1) is 12.8 Å². The molecule has 1 aliphatic heterocycles. The number of nitrogens with zero attached hydrogens (tertiary/aromatic N) is 2. The van der Waals surface area contributed by atoms with E-state index in [0.29, 0.717) is 5.95 Å². The van der Waals surface area contributed by atoms with Crippen LogP contribution in [0.5, 0.6) is 5.75 Å². The average molecular weight is 371 g/mol. The molecule has 0 saturated carbocycles. The van der Waals surface area contributed by atoms with Crippen LogP contribution in [0.15, 0.2) is 35.1 Å². The van der Waals surface area contributed by atoms with Crippen molar-refractivity contribution in [2.75, 3.05) is 46.2 Å². The monoisotopic (exact) mass is 371 g/mol. The first-order valence-corrected chi connectivity index (χ1v) is 9.33. The zero-order valence-electron chi connectivity index (χ0n) is 16.5. The highest BCUT2D eigenvalue weighted by molar-refractivity contribution is 5.36. The Morgan fingerprint density at radius 3 is 2.81 bits per heavy atom. The lowest BCUT2D eigenvalue weighted by Gasteiger charge is -2.21. The van der Waals surface area contributed by atoms with Crippen molar-refractivity contribution < 1.29 is 4.74 Å². The van der Waals surface area contributed by atoms with E-state index in [1.165, 1.54) is 5.56 Å². The van der Waals surface area contributed by atoms with E-state index in [-0.39, 0.29) is 23.4 Å². The summed E-state index contributed by atoms with van der Waals surface area (Å²) in [6.45, 7) is 4.57. The first-order valence-electron chi connectivity index (χ1n) is 9.33. The summed E-state index contributed by atoms with van der Waals surface area (Å²) in [6, 6.07) is 9.92.